The van der Waals surface area contributed by atoms with Crippen LogP contribution in [0.25, 0.3) is 0 Å². The van der Waals surface area contributed by atoms with Crippen molar-refractivity contribution in [3.8, 4) is 11.5 Å². The van der Waals surface area contributed by atoms with E-state index in [0.717, 1.165) is 5.56 Å². The standard InChI is InChI=1S/C16H17Cl2NO4S/c1-19(10-11-6-4-5-7-12(11)22-2)24(20,21)14-9-8-13(23-3)15(17)16(14)18/h4-9H,10H2,1-3H3. The number of sulfonamides is 1. The highest BCUT2D eigenvalue weighted by atomic mass is 35.5. The lowest BCUT2D eigenvalue weighted by molar-refractivity contribution is 0.398. The van der Waals surface area contributed by atoms with Crippen LogP contribution in [0.3, 0.4) is 0 Å². The van der Waals surface area contributed by atoms with Crippen LogP contribution in [0.5, 0.6) is 11.5 Å². The maximum absolute atomic E-state index is 12.8. The van der Waals surface area contributed by atoms with Gasteiger partial charge in [-0.15, -0.1) is 0 Å². The van der Waals surface area contributed by atoms with Crippen LogP contribution in [0.2, 0.25) is 10.0 Å². The van der Waals surface area contributed by atoms with E-state index >= 15 is 0 Å². The zero-order valence-corrected chi connectivity index (χ0v) is 15.7. The molecule has 130 valence electrons. The summed E-state index contributed by atoms with van der Waals surface area (Å²) in [5.74, 6) is 0.923. The summed E-state index contributed by atoms with van der Waals surface area (Å²) in [6.45, 7) is 0.131. The summed E-state index contributed by atoms with van der Waals surface area (Å²) in [6.07, 6.45) is 0. The third-order valence-electron chi connectivity index (χ3n) is 3.51. The van der Waals surface area contributed by atoms with Crippen LogP contribution in [0.4, 0.5) is 0 Å². The van der Waals surface area contributed by atoms with Crippen molar-refractivity contribution in [1.29, 1.82) is 0 Å². The predicted molar refractivity (Wildman–Crippen MR) is 94.7 cm³/mol. The molecular weight excluding hydrogens is 373 g/mol. The van der Waals surface area contributed by atoms with Gasteiger partial charge in [-0.25, -0.2) is 8.42 Å². The Bertz CT molecular complexity index is 840. The van der Waals surface area contributed by atoms with Gasteiger partial charge < -0.3 is 9.47 Å². The van der Waals surface area contributed by atoms with Crippen molar-refractivity contribution in [2.24, 2.45) is 0 Å². The molecule has 2 aromatic carbocycles. The summed E-state index contributed by atoms with van der Waals surface area (Å²) in [5, 5.41) is -0.00572. The second kappa shape index (κ2) is 7.61. The van der Waals surface area contributed by atoms with Gasteiger partial charge in [0.05, 0.1) is 19.2 Å². The topological polar surface area (TPSA) is 55.8 Å². The molecule has 0 amide bonds. The summed E-state index contributed by atoms with van der Waals surface area (Å²) < 4.78 is 37.1. The molecule has 0 aromatic heterocycles. The zero-order valence-electron chi connectivity index (χ0n) is 13.4. The number of methoxy groups -OCH3 is 2. The number of benzene rings is 2. The minimum Gasteiger partial charge on any atom is -0.496 e. The molecule has 0 radical (unpaired) electrons. The molecule has 8 heteroatoms. The van der Waals surface area contributed by atoms with Crippen LogP contribution in [-0.2, 0) is 16.6 Å². The van der Waals surface area contributed by atoms with Gasteiger partial charge in [-0.1, -0.05) is 41.4 Å². The Hall–Kier alpha value is -1.47. The number of nitrogens with zero attached hydrogens (tertiary/aromatic N) is 1. The minimum absolute atomic E-state index is 0.0610. The molecule has 0 atom stereocenters. The maximum Gasteiger partial charge on any atom is 0.244 e. The average Bonchev–Trinajstić information content (AvgIpc) is 2.57. The van der Waals surface area contributed by atoms with Gasteiger partial charge in [0.15, 0.2) is 0 Å². The van der Waals surface area contributed by atoms with Crippen molar-refractivity contribution in [1.82, 2.24) is 4.31 Å². The smallest absolute Gasteiger partial charge is 0.244 e. The third-order valence-corrected chi connectivity index (χ3v) is 6.33. The molecule has 0 heterocycles. The monoisotopic (exact) mass is 389 g/mol. The summed E-state index contributed by atoms with van der Waals surface area (Å²) in [5.41, 5.74) is 0.738. The van der Waals surface area contributed by atoms with E-state index in [-0.39, 0.29) is 21.5 Å². The van der Waals surface area contributed by atoms with Crippen molar-refractivity contribution < 1.29 is 17.9 Å². The first-order valence-corrected chi connectivity index (χ1v) is 9.12. The molecule has 0 unspecified atom stereocenters. The highest BCUT2D eigenvalue weighted by molar-refractivity contribution is 7.89. The van der Waals surface area contributed by atoms with E-state index in [1.54, 1.807) is 12.1 Å². The van der Waals surface area contributed by atoms with Gasteiger partial charge in [0.2, 0.25) is 10.0 Å². The fraction of sp³-hybridized carbons (Fsp3) is 0.250. The fourth-order valence-corrected chi connectivity index (χ4v) is 4.16. The summed E-state index contributed by atoms with van der Waals surface area (Å²) >= 11 is 12.2. The van der Waals surface area contributed by atoms with Crippen LogP contribution in [0.15, 0.2) is 41.3 Å². The van der Waals surface area contributed by atoms with Gasteiger partial charge in [0, 0.05) is 19.2 Å². The number of para-hydroxylation sites is 1. The van der Waals surface area contributed by atoms with Crippen LogP contribution in [0.1, 0.15) is 5.56 Å². The largest absolute Gasteiger partial charge is 0.496 e. The fourth-order valence-electron chi connectivity index (χ4n) is 2.20. The van der Waals surface area contributed by atoms with E-state index in [4.69, 9.17) is 32.7 Å². The van der Waals surface area contributed by atoms with Crippen molar-refractivity contribution in [2.75, 3.05) is 21.3 Å². The molecule has 2 rings (SSSR count). The molecule has 0 saturated heterocycles. The summed E-state index contributed by atoms with van der Waals surface area (Å²) in [6, 6.07) is 10.0. The van der Waals surface area contributed by atoms with E-state index < -0.39 is 10.0 Å². The Balaban J connectivity index is 2.38. The predicted octanol–water partition coefficient (Wildman–Crippen LogP) is 3.83. The van der Waals surface area contributed by atoms with Gasteiger partial charge in [0.1, 0.15) is 21.4 Å². The highest BCUT2D eigenvalue weighted by Gasteiger charge is 2.26. The molecule has 0 aliphatic carbocycles. The molecule has 0 fully saturated rings. The zero-order chi connectivity index (χ0) is 17.9. The highest BCUT2D eigenvalue weighted by Crippen LogP contribution is 2.37. The number of ether oxygens (including phenoxy) is 2. The first-order valence-electron chi connectivity index (χ1n) is 6.93. The maximum atomic E-state index is 12.8. The third kappa shape index (κ3) is 3.62. The van der Waals surface area contributed by atoms with Crippen LogP contribution in [0, 0.1) is 0 Å². The molecule has 24 heavy (non-hydrogen) atoms. The second-order valence-corrected chi connectivity index (χ2v) is 7.74. The second-order valence-electron chi connectivity index (χ2n) is 4.97. The molecule has 0 spiro atoms. The number of halogens is 2. The molecular formula is C16H17Cl2NO4S. The van der Waals surface area contributed by atoms with E-state index in [1.165, 1.54) is 37.7 Å². The van der Waals surface area contributed by atoms with E-state index in [2.05, 4.69) is 0 Å². The molecule has 0 aliphatic heterocycles. The van der Waals surface area contributed by atoms with E-state index in [9.17, 15) is 8.42 Å². The van der Waals surface area contributed by atoms with Crippen molar-refractivity contribution in [3.63, 3.8) is 0 Å². The Kier molecular flexibility index (Phi) is 5.98. The molecule has 2 aromatic rings. The molecule has 0 bridgehead atoms. The van der Waals surface area contributed by atoms with Crippen LogP contribution < -0.4 is 9.47 Å². The lowest BCUT2D eigenvalue weighted by Crippen LogP contribution is -2.27. The lowest BCUT2D eigenvalue weighted by Gasteiger charge is -2.20. The Labute approximate surface area is 151 Å². The number of hydrogen-bond donors (Lipinski definition) is 0. The molecule has 0 N–H and O–H groups in total. The van der Waals surface area contributed by atoms with Crippen molar-refractivity contribution in [3.05, 3.63) is 52.0 Å². The Morgan fingerprint density at radius 2 is 1.58 bits per heavy atom. The van der Waals surface area contributed by atoms with Gasteiger partial charge in [0.25, 0.3) is 0 Å². The van der Waals surface area contributed by atoms with Gasteiger partial charge in [-0.05, 0) is 18.2 Å². The summed E-state index contributed by atoms with van der Waals surface area (Å²) in [4.78, 5) is -0.0765. The van der Waals surface area contributed by atoms with Gasteiger partial charge in [-0.3, -0.25) is 0 Å². The first-order chi connectivity index (χ1) is 11.3. The van der Waals surface area contributed by atoms with Crippen LogP contribution in [-0.4, -0.2) is 34.0 Å². The minimum atomic E-state index is -3.83. The normalized spacial score (nSPS) is 11.6. The SMILES string of the molecule is COc1ccccc1CN(C)S(=O)(=O)c1ccc(OC)c(Cl)c1Cl. The van der Waals surface area contributed by atoms with Crippen LogP contribution >= 0.6 is 23.2 Å². The van der Waals surface area contributed by atoms with Gasteiger partial charge in [-0.2, -0.15) is 4.31 Å². The number of hydrogen-bond acceptors (Lipinski definition) is 4. The molecule has 0 saturated carbocycles. The Morgan fingerprint density at radius 1 is 0.958 bits per heavy atom. The lowest BCUT2D eigenvalue weighted by atomic mass is 10.2. The van der Waals surface area contributed by atoms with Crippen molar-refractivity contribution in [2.45, 2.75) is 11.4 Å². The quantitative estimate of drug-likeness (QED) is 0.752. The van der Waals surface area contributed by atoms with Crippen molar-refractivity contribution >= 4 is 33.2 Å². The number of rotatable bonds is 6. The van der Waals surface area contributed by atoms with E-state index in [0.29, 0.717) is 11.5 Å². The molecule has 5 nitrogen and oxygen atoms in total. The molecule has 0 aliphatic rings. The summed E-state index contributed by atoms with van der Waals surface area (Å²) in [7, 11) is 0.599. The average molecular weight is 390 g/mol. The van der Waals surface area contributed by atoms with E-state index in [1.807, 2.05) is 12.1 Å². The Morgan fingerprint density at radius 3 is 2.21 bits per heavy atom. The first kappa shape index (κ1) is 18.9. The van der Waals surface area contributed by atoms with Gasteiger partial charge >= 0.3 is 0 Å².